The molecule has 1 aromatic carbocycles. The molecule has 0 saturated carbocycles. The van der Waals surface area contributed by atoms with Gasteiger partial charge in [-0.2, -0.15) is 0 Å². The fourth-order valence-electron chi connectivity index (χ4n) is 2.04. The summed E-state index contributed by atoms with van der Waals surface area (Å²) >= 11 is 6.15. The van der Waals surface area contributed by atoms with E-state index < -0.39 is 11.8 Å². The standard InChI is InChI=1S/C18H18ClN3O4/c1-3-26-15-11-12(10-13(19)17(15)25-2)7-8-16(23)21-22-18(24)14-6-4-5-9-20-14/h4-11H,3H2,1-2H3,(H,21,23)(H,22,24)/b8-7+. The molecule has 136 valence electrons. The summed E-state index contributed by atoms with van der Waals surface area (Å²) in [6.07, 6.45) is 4.28. The first-order valence-electron chi connectivity index (χ1n) is 7.75. The lowest BCUT2D eigenvalue weighted by molar-refractivity contribution is -0.117. The quantitative estimate of drug-likeness (QED) is 0.598. The first-order chi connectivity index (χ1) is 12.5. The van der Waals surface area contributed by atoms with Gasteiger partial charge in [-0.05, 0) is 42.8 Å². The van der Waals surface area contributed by atoms with Crippen LogP contribution in [-0.2, 0) is 4.79 Å². The lowest BCUT2D eigenvalue weighted by atomic mass is 10.2. The Hall–Kier alpha value is -3.06. The minimum Gasteiger partial charge on any atom is -0.491 e. The summed E-state index contributed by atoms with van der Waals surface area (Å²) < 4.78 is 10.7. The van der Waals surface area contributed by atoms with Crippen LogP contribution < -0.4 is 20.3 Å². The highest BCUT2D eigenvalue weighted by molar-refractivity contribution is 6.32. The van der Waals surface area contributed by atoms with Crippen LogP contribution >= 0.6 is 11.6 Å². The van der Waals surface area contributed by atoms with E-state index in [9.17, 15) is 9.59 Å². The van der Waals surface area contributed by atoms with Gasteiger partial charge in [0, 0.05) is 12.3 Å². The van der Waals surface area contributed by atoms with E-state index in [1.165, 1.54) is 31.5 Å². The van der Waals surface area contributed by atoms with Crippen LogP contribution in [0.3, 0.4) is 0 Å². The van der Waals surface area contributed by atoms with Gasteiger partial charge in [-0.3, -0.25) is 25.4 Å². The summed E-state index contributed by atoms with van der Waals surface area (Å²) in [7, 11) is 1.50. The van der Waals surface area contributed by atoms with Crippen LogP contribution in [0, 0.1) is 0 Å². The molecular weight excluding hydrogens is 358 g/mol. The average Bonchev–Trinajstić information content (AvgIpc) is 2.65. The SMILES string of the molecule is CCOc1cc(/C=C/C(=O)NNC(=O)c2ccccn2)cc(Cl)c1OC. The van der Waals surface area contributed by atoms with E-state index in [2.05, 4.69) is 15.8 Å². The number of amides is 2. The van der Waals surface area contributed by atoms with Crippen LogP contribution in [0.1, 0.15) is 23.0 Å². The number of nitrogens with one attached hydrogen (secondary N) is 2. The third kappa shape index (κ3) is 5.22. The highest BCUT2D eigenvalue weighted by Crippen LogP contribution is 2.36. The molecule has 0 spiro atoms. The average molecular weight is 376 g/mol. The summed E-state index contributed by atoms with van der Waals surface area (Å²) in [5.74, 6) is -0.124. The van der Waals surface area contributed by atoms with Gasteiger partial charge in [-0.1, -0.05) is 17.7 Å². The number of hydrogen-bond acceptors (Lipinski definition) is 5. The van der Waals surface area contributed by atoms with Crippen molar-refractivity contribution in [1.82, 2.24) is 15.8 Å². The van der Waals surface area contributed by atoms with E-state index in [-0.39, 0.29) is 5.69 Å². The van der Waals surface area contributed by atoms with Crippen LogP contribution in [-0.4, -0.2) is 30.5 Å². The molecule has 8 heteroatoms. The molecule has 7 nitrogen and oxygen atoms in total. The number of halogens is 1. The normalized spacial score (nSPS) is 10.4. The van der Waals surface area contributed by atoms with Crippen molar-refractivity contribution in [3.63, 3.8) is 0 Å². The third-order valence-electron chi connectivity index (χ3n) is 3.16. The maximum atomic E-state index is 11.8. The second kappa shape index (κ2) is 9.43. The number of ether oxygens (including phenoxy) is 2. The van der Waals surface area contributed by atoms with Crippen molar-refractivity contribution in [2.75, 3.05) is 13.7 Å². The van der Waals surface area contributed by atoms with E-state index in [0.29, 0.717) is 28.7 Å². The van der Waals surface area contributed by atoms with Crippen LogP contribution in [0.25, 0.3) is 6.08 Å². The van der Waals surface area contributed by atoms with Gasteiger partial charge in [0.2, 0.25) is 0 Å². The summed E-state index contributed by atoms with van der Waals surface area (Å²) in [5.41, 5.74) is 5.39. The van der Waals surface area contributed by atoms with E-state index in [1.807, 2.05) is 6.92 Å². The number of aromatic nitrogens is 1. The van der Waals surface area contributed by atoms with Gasteiger partial charge in [0.05, 0.1) is 18.7 Å². The van der Waals surface area contributed by atoms with Crippen molar-refractivity contribution in [1.29, 1.82) is 0 Å². The number of carbonyl (C=O) groups excluding carboxylic acids is 2. The number of methoxy groups -OCH3 is 1. The highest BCUT2D eigenvalue weighted by atomic mass is 35.5. The number of nitrogens with zero attached hydrogens (tertiary/aromatic N) is 1. The van der Waals surface area contributed by atoms with Gasteiger partial charge in [-0.15, -0.1) is 0 Å². The molecule has 2 rings (SSSR count). The minimum absolute atomic E-state index is 0.195. The second-order valence-electron chi connectivity index (χ2n) is 4.96. The zero-order valence-electron chi connectivity index (χ0n) is 14.3. The van der Waals surface area contributed by atoms with Crippen LogP contribution in [0.5, 0.6) is 11.5 Å². The fourth-order valence-corrected chi connectivity index (χ4v) is 2.33. The maximum absolute atomic E-state index is 11.8. The lowest BCUT2D eigenvalue weighted by Crippen LogP contribution is -2.41. The molecule has 0 bridgehead atoms. The zero-order chi connectivity index (χ0) is 18.9. The van der Waals surface area contributed by atoms with Crippen molar-refractivity contribution in [2.45, 2.75) is 6.92 Å². The molecule has 2 amide bonds. The lowest BCUT2D eigenvalue weighted by Gasteiger charge is -2.11. The predicted molar refractivity (Wildman–Crippen MR) is 98.1 cm³/mol. The highest BCUT2D eigenvalue weighted by Gasteiger charge is 2.11. The molecule has 0 aliphatic rings. The maximum Gasteiger partial charge on any atom is 0.288 e. The molecule has 0 aliphatic heterocycles. The molecule has 26 heavy (non-hydrogen) atoms. The van der Waals surface area contributed by atoms with Crippen molar-refractivity contribution < 1.29 is 19.1 Å². The molecule has 0 radical (unpaired) electrons. The zero-order valence-corrected chi connectivity index (χ0v) is 15.0. The van der Waals surface area contributed by atoms with E-state index in [1.54, 1.807) is 24.3 Å². The Morgan fingerprint density at radius 1 is 1.27 bits per heavy atom. The molecule has 2 N–H and O–H groups in total. The Morgan fingerprint density at radius 3 is 2.73 bits per heavy atom. The fraction of sp³-hybridized carbons (Fsp3) is 0.167. The van der Waals surface area contributed by atoms with E-state index >= 15 is 0 Å². The number of benzene rings is 1. The number of hydrazine groups is 1. The molecule has 1 aromatic heterocycles. The third-order valence-corrected chi connectivity index (χ3v) is 3.44. The Bertz CT molecular complexity index is 810. The molecule has 0 saturated heterocycles. The first-order valence-corrected chi connectivity index (χ1v) is 8.12. The predicted octanol–water partition coefficient (Wildman–Crippen LogP) is 2.62. The summed E-state index contributed by atoms with van der Waals surface area (Å²) in [5, 5.41) is 0.363. The topological polar surface area (TPSA) is 89.6 Å². The van der Waals surface area contributed by atoms with Gasteiger partial charge in [0.25, 0.3) is 11.8 Å². The van der Waals surface area contributed by atoms with Gasteiger partial charge >= 0.3 is 0 Å². The summed E-state index contributed by atoms with van der Waals surface area (Å²) in [6, 6.07) is 8.23. The smallest absolute Gasteiger partial charge is 0.288 e. The Labute approximate surface area is 155 Å². The Morgan fingerprint density at radius 2 is 2.08 bits per heavy atom. The van der Waals surface area contributed by atoms with Crippen molar-refractivity contribution >= 4 is 29.5 Å². The molecule has 1 heterocycles. The van der Waals surface area contributed by atoms with Crippen molar-refractivity contribution in [2.24, 2.45) is 0 Å². The number of rotatable bonds is 6. The molecule has 0 aliphatic carbocycles. The van der Waals surface area contributed by atoms with Gasteiger partial charge in [0.1, 0.15) is 5.69 Å². The van der Waals surface area contributed by atoms with Gasteiger partial charge in [0.15, 0.2) is 11.5 Å². The summed E-state index contributed by atoms with van der Waals surface area (Å²) in [4.78, 5) is 27.5. The molecule has 0 fully saturated rings. The number of hydrogen-bond donors (Lipinski definition) is 2. The molecular formula is C18H18ClN3O4. The second-order valence-corrected chi connectivity index (χ2v) is 5.37. The summed E-state index contributed by atoms with van der Waals surface area (Å²) in [6.45, 7) is 2.29. The number of carbonyl (C=O) groups is 2. The van der Waals surface area contributed by atoms with Crippen LogP contribution in [0.2, 0.25) is 5.02 Å². The monoisotopic (exact) mass is 375 g/mol. The first kappa shape index (κ1) is 19.3. The van der Waals surface area contributed by atoms with Gasteiger partial charge in [-0.25, -0.2) is 0 Å². The van der Waals surface area contributed by atoms with Crippen molar-refractivity contribution in [3.8, 4) is 11.5 Å². The van der Waals surface area contributed by atoms with E-state index in [0.717, 1.165) is 0 Å². The van der Waals surface area contributed by atoms with Gasteiger partial charge < -0.3 is 9.47 Å². The van der Waals surface area contributed by atoms with Crippen LogP contribution in [0.4, 0.5) is 0 Å². The number of pyridine rings is 1. The largest absolute Gasteiger partial charge is 0.491 e. The van der Waals surface area contributed by atoms with Crippen molar-refractivity contribution in [3.05, 3.63) is 58.9 Å². The molecule has 0 atom stereocenters. The Kier molecular flexibility index (Phi) is 6.99. The minimum atomic E-state index is -0.515. The molecule has 0 unspecified atom stereocenters. The van der Waals surface area contributed by atoms with E-state index in [4.69, 9.17) is 21.1 Å². The Balaban J connectivity index is 2.00. The van der Waals surface area contributed by atoms with Crippen LogP contribution in [0.15, 0.2) is 42.6 Å². The molecule has 2 aromatic rings.